The molecule has 3 aromatic rings. The summed E-state index contributed by atoms with van der Waals surface area (Å²) in [6.45, 7) is 3.71. The third-order valence-corrected chi connectivity index (χ3v) is 6.43. The molecule has 9 heteroatoms. The number of carbonyl (C=O) groups is 1. The van der Waals surface area contributed by atoms with Gasteiger partial charge in [0.2, 0.25) is 0 Å². The van der Waals surface area contributed by atoms with Crippen molar-refractivity contribution in [3.05, 3.63) is 83.3 Å². The molecule has 4 rings (SSSR count). The van der Waals surface area contributed by atoms with E-state index in [4.69, 9.17) is 13.9 Å². The molecule has 1 aromatic carbocycles. The van der Waals surface area contributed by atoms with Crippen molar-refractivity contribution in [1.82, 2.24) is 4.57 Å². The number of rotatable bonds is 5. The van der Waals surface area contributed by atoms with Gasteiger partial charge in [-0.1, -0.05) is 17.4 Å². The van der Waals surface area contributed by atoms with Crippen LogP contribution in [-0.4, -0.2) is 24.3 Å². The summed E-state index contributed by atoms with van der Waals surface area (Å²) in [6, 6.07) is 8.29. The van der Waals surface area contributed by atoms with Gasteiger partial charge in [-0.2, -0.15) is 0 Å². The topological polar surface area (TPSA) is 83.0 Å². The minimum absolute atomic E-state index is 0.220. The van der Waals surface area contributed by atoms with Crippen LogP contribution in [0.5, 0.6) is 5.75 Å². The normalized spacial score (nSPS) is 16.1. The lowest BCUT2D eigenvalue weighted by atomic mass is 9.96. The highest BCUT2D eigenvalue weighted by Crippen LogP contribution is 2.34. The number of ether oxygens (including phenoxy) is 2. The van der Waals surface area contributed by atoms with Crippen LogP contribution < -0.4 is 19.6 Å². The number of aromatic nitrogens is 1. The second kappa shape index (κ2) is 8.68. The van der Waals surface area contributed by atoms with Gasteiger partial charge in [-0.05, 0) is 59.6 Å². The summed E-state index contributed by atoms with van der Waals surface area (Å²) < 4.78 is 18.7. The van der Waals surface area contributed by atoms with Crippen LogP contribution in [0.1, 0.15) is 31.2 Å². The lowest BCUT2D eigenvalue weighted by Crippen LogP contribution is -2.39. The monoisotopic (exact) mass is 502 g/mol. The number of hydrogen-bond acceptors (Lipinski definition) is 7. The Morgan fingerprint density at radius 1 is 1.39 bits per heavy atom. The van der Waals surface area contributed by atoms with Crippen LogP contribution in [0, 0.1) is 0 Å². The van der Waals surface area contributed by atoms with E-state index in [-0.39, 0.29) is 12.2 Å². The molecule has 0 bridgehead atoms. The van der Waals surface area contributed by atoms with Crippen LogP contribution in [0.4, 0.5) is 0 Å². The largest absolute Gasteiger partial charge is 0.496 e. The standard InChI is InChI=1S/C22H19BrN2O5S/c1-4-29-21(27)18-12(2)24-22-25(19(18)13-7-8-16(28-3)15(23)10-13)20(26)17(31-22)11-14-6-5-9-30-14/h5-11,19H,4H2,1-3H3/b17-11-. The van der Waals surface area contributed by atoms with Crippen molar-refractivity contribution in [1.29, 1.82) is 0 Å². The first-order valence-corrected chi connectivity index (χ1v) is 11.1. The van der Waals surface area contributed by atoms with Crippen LogP contribution in [0.3, 0.4) is 0 Å². The molecule has 0 saturated heterocycles. The molecule has 1 atom stereocenters. The average molecular weight is 503 g/mol. The fourth-order valence-corrected chi connectivity index (χ4v) is 5.05. The maximum absolute atomic E-state index is 13.4. The van der Waals surface area contributed by atoms with E-state index in [1.807, 2.05) is 12.1 Å². The Bertz CT molecular complexity index is 1350. The first kappa shape index (κ1) is 21.3. The van der Waals surface area contributed by atoms with E-state index in [1.165, 1.54) is 15.9 Å². The Kier molecular flexibility index (Phi) is 5.97. The molecule has 3 heterocycles. The predicted octanol–water partition coefficient (Wildman–Crippen LogP) is 3.16. The molecule has 0 amide bonds. The Hall–Kier alpha value is -2.91. The quantitative estimate of drug-likeness (QED) is 0.500. The number of methoxy groups -OCH3 is 1. The molecule has 1 aliphatic rings. The molecule has 0 aliphatic carbocycles. The highest BCUT2D eigenvalue weighted by molar-refractivity contribution is 9.10. The molecule has 0 saturated carbocycles. The fourth-order valence-electron chi connectivity index (χ4n) is 3.46. The third kappa shape index (κ3) is 3.90. The minimum atomic E-state index is -0.684. The highest BCUT2D eigenvalue weighted by Gasteiger charge is 2.33. The number of hydrogen-bond donors (Lipinski definition) is 0. The molecule has 0 N–H and O–H groups in total. The van der Waals surface area contributed by atoms with E-state index >= 15 is 0 Å². The van der Waals surface area contributed by atoms with Crippen molar-refractivity contribution in [2.45, 2.75) is 19.9 Å². The fraction of sp³-hybridized carbons (Fsp3) is 0.227. The lowest BCUT2D eigenvalue weighted by molar-refractivity contribution is -0.139. The number of halogens is 1. The molecule has 31 heavy (non-hydrogen) atoms. The van der Waals surface area contributed by atoms with Gasteiger partial charge in [0, 0.05) is 6.08 Å². The maximum Gasteiger partial charge on any atom is 0.338 e. The van der Waals surface area contributed by atoms with Gasteiger partial charge in [0.1, 0.15) is 11.5 Å². The Morgan fingerprint density at radius 3 is 2.84 bits per heavy atom. The third-order valence-electron chi connectivity index (χ3n) is 4.83. The van der Waals surface area contributed by atoms with Gasteiger partial charge in [-0.15, -0.1) is 0 Å². The molecular formula is C22H19BrN2O5S. The highest BCUT2D eigenvalue weighted by atomic mass is 79.9. The molecule has 0 fully saturated rings. The first-order valence-electron chi connectivity index (χ1n) is 9.51. The SMILES string of the molecule is CCOC(=O)C1=C(C)N=c2s/c(=C\c3ccco3)c(=O)n2C1c1ccc(OC)c(Br)c1. The van der Waals surface area contributed by atoms with Gasteiger partial charge in [-0.3, -0.25) is 9.36 Å². The van der Waals surface area contributed by atoms with E-state index in [0.717, 1.165) is 5.56 Å². The molecule has 160 valence electrons. The number of carbonyl (C=O) groups excluding carboxylic acids is 1. The van der Waals surface area contributed by atoms with Crippen molar-refractivity contribution < 1.29 is 18.7 Å². The van der Waals surface area contributed by atoms with Crippen molar-refractivity contribution in [3.63, 3.8) is 0 Å². The van der Waals surface area contributed by atoms with Gasteiger partial charge < -0.3 is 13.9 Å². The molecule has 0 spiro atoms. The van der Waals surface area contributed by atoms with E-state index in [0.29, 0.717) is 36.6 Å². The van der Waals surface area contributed by atoms with Gasteiger partial charge >= 0.3 is 5.97 Å². The molecule has 0 radical (unpaired) electrons. The van der Waals surface area contributed by atoms with E-state index in [1.54, 1.807) is 51.5 Å². The van der Waals surface area contributed by atoms with Gasteiger partial charge in [0.05, 0.1) is 46.3 Å². The predicted molar refractivity (Wildman–Crippen MR) is 120 cm³/mol. The average Bonchev–Trinajstić information content (AvgIpc) is 3.35. The number of thiazole rings is 1. The number of esters is 1. The zero-order valence-electron chi connectivity index (χ0n) is 17.0. The van der Waals surface area contributed by atoms with Crippen molar-refractivity contribution in [2.75, 3.05) is 13.7 Å². The summed E-state index contributed by atoms with van der Waals surface area (Å²) in [4.78, 5) is 31.3. The zero-order valence-corrected chi connectivity index (χ0v) is 19.5. The van der Waals surface area contributed by atoms with Gasteiger partial charge in [-0.25, -0.2) is 9.79 Å². The van der Waals surface area contributed by atoms with Crippen LogP contribution >= 0.6 is 27.3 Å². The summed E-state index contributed by atoms with van der Waals surface area (Å²) in [5.74, 6) is 0.712. The molecular weight excluding hydrogens is 484 g/mol. The van der Waals surface area contributed by atoms with Crippen molar-refractivity contribution in [3.8, 4) is 5.75 Å². The number of benzene rings is 1. The maximum atomic E-state index is 13.4. The van der Waals surface area contributed by atoms with Crippen LogP contribution in [0.25, 0.3) is 6.08 Å². The Labute approximate surface area is 190 Å². The van der Waals surface area contributed by atoms with E-state index in [2.05, 4.69) is 20.9 Å². The van der Waals surface area contributed by atoms with Crippen LogP contribution in [0.2, 0.25) is 0 Å². The molecule has 7 nitrogen and oxygen atoms in total. The number of nitrogens with zero attached hydrogens (tertiary/aromatic N) is 2. The molecule has 1 aliphatic heterocycles. The van der Waals surface area contributed by atoms with Crippen LogP contribution in [0.15, 0.2) is 66.5 Å². The number of fused-ring (bicyclic) bond motifs is 1. The zero-order chi connectivity index (χ0) is 22.1. The van der Waals surface area contributed by atoms with E-state index in [9.17, 15) is 9.59 Å². The van der Waals surface area contributed by atoms with Crippen LogP contribution in [-0.2, 0) is 9.53 Å². The Morgan fingerprint density at radius 2 is 2.19 bits per heavy atom. The van der Waals surface area contributed by atoms with Gasteiger partial charge in [0.15, 0.2) is 4.80 Å². The minimum Gasteiger partial charge on any atom is -0.496 e. The van der Waals surface area contributed by atoms with Crippen molar-refractivity contribution >= 4 is 39.3 Å². The summed E-state index contributed by atoms with van der Waals surface area (Å²) in [7, 11) is 1.57. The number of allylic oxidation sites excluding steroid dienone is 1. The smallest absolute Gasteiger partial charge is 0.338 e. The van der Waals surface area contributed by atoms with Crippen molar-refractivity contribution in [2.24, 2.45) is 4.99 Å². The van der Waals surface area contributed by atoms with E-state index < -0.39 is 12.0 Å². The second-order valence-electron chi connectivity index (χ2n) is 6.71. The molecule has 2 aromatic heterocycles. The number of furan rings is 1. The second-order valence-corrected chi connectivity index (χ2v) is 8.58. The summed E-state index contributed by atoms with van der Waals surface area (Å²) in [5.41, 5.74) is 1.32. The lowest BCUT2D eigenvalue weighted by Gasteiger charge is -2.25. The van der Waals surface area contributed by atoms with Gasteiger partial charge in [0.25, 0.3) is 5.56 Å². The summed E-state index contributed by atoms with van der Waals surface area (Å²) >= 11 is 4.74. The summed E-state index contributed by atoms with van der Waals surface area (Å²) in [5, 5.41) is 0. The summed E-state index contributed by atoms with van der Waals surface area (Å²) in [6.07, 6.45) is 3.22. The molecule has 1 unspecified atom stereocenters. The first-order chi connectivity index (χ1) is 14.9. The Balaban J connectivity index is 1.97.